The van der Waals surface area contributed by atoms with E-state index in [2.05, 4.69) is 30.5 Å². The number of halogens is 1. The Morgan fingerprint density at radius 1 is 0.973 bits per heavy atom. The lowest BCUT2D eigenvalue weighted by molar-refractivity contribution is -0.118. The first kappa shape index (κ1) is 22.5. The van der Waals surface area contributed by atoms with Gasteiger partial charge in [0.2, 0.25) is 5.91 Å². The summed E-state index contributed by atoms with van der Waals surface area (Å²) in [6.45, 7) is 3.69. The molecule has 4 aromatic heterocycles. The van der Waals surface area contributed by atoms with E-state index in [0.717, 1.165) is 38.7 Å². The molecule has 9 heteroatoms. The Morgan fingerprint density at radius 2 is 1.78 bits per heavy atom. The Hall–Kier alpha value is -4.92. The number of anilines is 1. The number of benzene rings is 2. The van der Waals surface area contributed by atoms with Crippen LogP contribution in [0.3, 0.4) is 0 Å². The Bertz CT molecular complexity index is 1770. The first-order chi connectivity index (χ1) is 18.0. The summed E-state index contributed by atoms with van der Waals surface area (Å²) in [5, 5.41) is 11.4. The van der Waals surface area contributed by atoms with Crippen LogP contribution in [0.15, 0.2) is 73.2 Å². The Labute approximate surface area is 211 Å². The van der Waals surface area contributed by atoms with Gasteiger partial charge in [0, 0.05) is 34.8 Å². The molecular weight excluding hydrogens is 469 g/mol. The molecule has 6 rings (SSSR count). The smallest absolute Gasteiger partial charge is 0.226 e. The number of aromatic nitrogens is 6. The van der Waals surface area contributed by atoms with Crippen LogP contribution >= 0.6 is 0 Å². The maximum Gasteiger partial charge on any atom is 0.226 e. The van der Waals surface area contributed by atoms with E-state index < -0.39 is 0 Å². The van der Waals surface area contributed by atoms with E-state index in [1.165, 1.54) is 12.1 Å². The highest BCUT2D eigenvalue weighted by Gasteiger charge is 2.17. The average molecular weight is 492 g/mol. The van der Waals surface area contributed by atoms with Gasteiger partial charge in [0.15, 0.2) is 11.5 Å². The van der Waals surface area contributed by atoms with E-state index in [1.807, 2.05) is 44.2 Å². The predicted octanol–water partition coefficient (Wildman–Crippen LogP) is 5.96. The van der Waals surface area contributed by atoms with Crippen LogP contribution in [0.5, 0.6) is 0 Å². The van der Waals surface area contributed by atoms with Crippen LogP contribution in [0.1, 0.15) is 13.8 Å². The Kier molecular flexibility index (Phi) is 5.45. The molecule has 0 fully saturated rings. The molecule has 0 bridgehead atoms. The lowest BCUT2D eigenvalue weighted by atomic mass is 10.0. The maximum absolute atomic E-state index is 13.5. The molecule has 0 saturated carbocycles. The van der Waals surface area contributed by atoms with Gasteiger partial charge in [0.25, 0.3) is 0 Å². The zero-order valence-electron chi connectivity index (χ0n) is 20.1. The van der Waals surface area contributed by atoms with Crippen molar-refractivity contribution in [3.63, 3.8) is 0 Å². The summed E-state index contributed by atoms with van der Waals surface area (Å²) in [6.07, 6.45) is 5.07. The second kappa shape index (κ2) is 8.94. The van der Waals surface area contributed by atoms with Crippen molar-refractivity contribution in [2.45, 2.75) is 13.8 Å². The number of fused-ring (bicyclic) bond motifs is 2. The number of nitrogens with one attached hydrogen (secondary N) is 3. The van der Waals surface area contributed by atoms with Crippen LogP contribution in [-0.4, -0.2) is 36.0 Å². The third-order valence-electron chi connectivity index (χ3n) is 6.20. The SMILES string of the molecule is CC(C)C(=O)Nc1cncc(-c2ccc3[nH]nc(-c4nc5nccc(-c6ccc(F)cc6)c5[nH]4)c3c2)c1. The summed E-state index contributed by atoms with van der Waals surface area (Å²) < 4.78 is 13.5. The minimum atomic E-state index is -0.291. The van der Waals surface area contributed by atoms with Gasteiger partial charge in [0.05, 0.1) is 22.9 Å². The van der Waals surface area contributed by atoms with Crippen molar-refractivity contribution in [1.82, 2.24) is 30.1 Å². The van der Waals surface area contributed by atoms with Crippen molar-refractivity contribution in [1.29, 1.82) is 0 Å². The molecule has 182 valence electrons. The van der Waals surface area contributed by atoms with Crippen LogP contribution in [-0.2, 0) is 4.79 Å². The van der Waals surface area contributed by atoms with E-state index in [9.17, 15) is 9.18 Å². The maximum atomic E-state index is 13.5. The molecule has 3 N–H and O–H groups in total. The van der Waals surface area contributed by atoms with Gasteiger partial charge in [-0.05, 0) is 47.5 Å². The minimum absolute atomic E-state index is 0.0648. The number of imidazole rings is 1. The lowest BCUT2D eigenvalue weighted by Crippen LogP contribution is -2.17. The fraction of sp³-hybridized carbons (Fsp3) is 0.107. The fourth-order valence-corrected chi connectivity index (χ4v) is 4.22. The van der Waals surface area contributed by atoms with Gasteiger partial charge < -0.3 is 10.3 Å². The van der Waals surface area contributed by atoms with Crippen molar-refractivity contribution in [3.8, 4) is 33.8 Å². The van der Waals surface area contributed by atoms with E-state index in [4.69, 9.17) is 4.98 Å². The van der Waals surface area contributed by atoms with Crippen molar-refractivity contribution in [3.05, 3.63) is 79.0 Å². The van der Waals surface area contributed by atoms with Crippen LogP contribution < -0.4 is 5.32 Å². The number of rotatable bonds is 5. The molecule has 0 spiro atoms. The molecule has 0 aliphatic heterocycles. The molecular formula is C28H22FN7O. The van der Waals surface area contributed by atoms with Gasteiger partial charge in [-0.1, -0.05) is 32.0 Å². The first-order valence-electron chi connectivity index (χ1n) is 11.8. The van der Waals surface area contributed by atoms with Crippen LogP contribution in [0.25, 0.3) is 55.8 Å². The summed E-state index contributed by atoms with van der Waals surface area (Å²) in [5.74, 6) is 0.0816. The number of hydrogen-bond acceptors (Lipinski definition) is 5. The van der Waals surface area contributed by atoms with Crippen LogP contribution in [0, 0.1) is 11.7 Å². The molecule has 37 heavy (non-hydrogen) atoms. The molecule has 0 saturated heterocycles. The molecule has 2 aromatic carbocycles. The van der Waals surface area contributed by atoms with Gasteiger partial charge in [-0.15, -0.1) is 0 Å². The number of carbonyl (C=O) groups is 1. The number of H-pyrrole nitrogens is 2. The standard InChI is InChI=1S/C28H22FN7O/c1-15(2)28(37)32-20-11-18(13-30-14-20)17-5-8-23-22(12-17)25(36-35-23)27-33-24-21(9-10-31-26(24)34-27)16-3-6-19(29)7-4-16/h3-15H,1-2H3,(H,32,37)(H,35,36)(H,31,33,34). The highest BCUT2D eigenvalue weighted by Crippen LogP contribution is 2.33. The number of pyridine rings is 2. The third kappa shape index (κ3) is 4.20. The van der Waals surface area contributed by atoms with Crippen LogP contribution in [0.4, 0.5) is 10.1 Å². The largest absolute Gasteiger partial charge is 0.335 e. The van der Waals surface area contributed by atoms with E-state index in [1.54, 1.807) is 30.7 Å². The highest BCUT2D eigenvalue weighted by atomic mass is 19.1. The molecule has 6 aromatic rings. The van der Waals surface area contributed by atoms with E-state index >= 15 is 0 Å². The quantitative estimate of drug-likeness (QED) is 0.275. The molecule has 8 nitrogen and oxygen atoms in total. The summed E-state index contributed by atoms with van der Waals surface area (Å²) in [4.78, 5) is 28.9. The molecule has 0 atom stereocenters. The van der Waals surface area contributed by atoms with Crippen molar-refractivity contribution >= 4 is 33.7 Å². The summed E-state index contributed by atoms with van der Waals surface area (Å²) in [6, 6.07) is 16.0. The summed E-state index contributed by atoms with van der Waals surface area (Å²) in [7, 11) is 0. The zero-order valence-corrected chi connectivity index (χ0v) is 20.1. The molecule has 0 unspecified atom stereocenters. The second-order valence-corrected chi connectivity index (χ2v) is 9.09. The topological polar surface area (TPSA) is 112 Å². The minimum Gasteiger partial charge on any atom is -0.335 e. The van der Waals surface area contributed by atoms with E-state index in [-0.39, 0.29) is 17.6 Å². The van der Waals surface area contributed by atoms with Gasteiger partial charge >= 0.3 is 0 Å². The van der Waals surface area contributed by atoms with Gasteiger partial charge in [-0.2, -0.15) is 5.10 Å². The monoisotopic (exact) mass is 491 g/mol. The van der Waals surface area contributed by atoms with Crippen molar-refractivity contribution < 1.29 is 9.18 Å². The molecule has 0 aliphatic carbocycles. The molecule has 1 amide bonds. The van der Waals surface area contributed by atoms with E-state index in [0.29, 0.717) is 22.9 Å². The van der Waals surface area contributed by atoms with Gasteiger partial charge in [-0.25, -0.2) is 14.4 Å². The second-order valence-electron chi connectivity index (χ2n) is 9.09. The Morgan fingerprint density at radius 3 is 2.59 bits per heavy atom. The van der Waals surface area contributed by atoms with Gasteiger partial charge in [-0.3, -0.25) is 14.9 Å². The number of amides is 1. The normalized spacial score (nSPS) is 11.5. The number of nitrogens with zero attached hydrogens (tertiary/aromatic N) is 4. The van der Waals surface area contributed by atoms with Gasteiger partial charge in [0.1, 0.15) is 11.5 Å². The average Bonchev–Trinajstić information content (AvgIpc) is 3.53. The summed E-state index contributed by atoms with van der Waals surface area (Å²) >= 11 is 0. The third-order valence-corrected chi connectivity index (χ3v) is 6.20. The highest BCUT2D eigenvalue weighted by molar-refractivity contribution is 5.98. The number of hydrogen-bond donors (Lipinski definition) is 3. The van der Waals surface area contributed by atoms with Crippen molar-refractivity contribution in [2.24, 2.45) is 5.92 Å². The lowest BCUT2D eigenvalue weighted by Gasteiger charge is -2.09. The molecule has 4 heterocycles. The van der Waals surface area contributed by atoms with Crippen molar-refractivity contribution in [2.75, 3.05) is 5.32 Å². The first-order valence-corrected chi connectivity index (χ1v) is 11.8. The summed E-state index contributed by atoms with van der Waals surface area (Å²) in [5.41, 5.74) is 6.94. The number of carbonyl (C=O) groups excluding carboxylic acids is 1. The fourth-order valence-electron chi connectivity index (χ4n) is 4.22. The molecule has 0 radical (unpaired) electrons. The zero-order chi connectivity index (χ0) is 25.5. The van der Waals surface area contributed by atoms with Crippen LogP contribution in [0.2, 0.25) is 0 Å². The molecule has 0 aliphatic rings. The number of aromatic amines is 2. The Balaban J connectivity index is 1.41. The predicted molar refractivity (Wildman–Crippen MR) is 141 cm³/mol.